The van der Waals surface area contributed by atoms with Crippen LogP contribution in [0.3, 0.4) is 0 Å². The summed E-state index contributed by atoms with van der Waals surface area (Å²) in [4.78, 5) is 16.2. The second kappa shape index (κ2) is 4.31. The highest BCUT2D eigenvalue weighted by molar-refractivity contribution is 5.88. The van der Waals surface area contributed by atoms with E-state index < -0.39 is 0 Å². The summed E-state index contributed by atoms with van der Waals surface area (Å²) in [6.07, 6.45) is 5.12. The van der Waals surface area contributed by atoms with Gasteiger partial charge in [0.15, 0.2) is 5.76 Å². The summed E-state index contributed by atoms with van der Waals surface area (Å²) in [6, 6.07) is 3.65. The highest BCUT2D eigenvalue weighted by Crippen LogP contribution is 2.20. The summed E-state index contributed by atoms with van der Waals surface area (Å²) in [6.45, 7) is 2.13. The van der Waals surface area contributed by atoms with Gasteiger partial charge in [0.25, 0.3) is 0 Å². The number of furan rings is 1. The van der Waals surface area contributed by atoms with E-state index in [-0.39, 0.29) is 5.97 Å². The van der Waals surface area contributed by atoms with Gasteiger partial charge >= 0.3 is 5.97 Å². The maximum Gasteiger partial charge on any atom is 0.356 e. The fourth-order valence-electron chi connectivity index (χ4n) is 1.99. The van der Waals surface area contributed by atoms with Crippen LogP contribution in [0.5, 0.6) is 0 Å². The van der Waals surface area contributed by atoms with E-state index in [1.165, 1.54) is 0 Å². The molecule has 0 spiro atoms. The summed E-state index contributed by atoms with van der Waals surface area (Å²) < 4.78 is 13.8. The molecule has 19 heavy (non-hydrogen) atoms. The quantitative estimate of drug-likeness (QED) is 0.676. The first kappa shape index (κ1) is 11.6. The Kier molecular flexibility index (Phi) is 2.63. The first-order valence-corrected chi connectivity index (χ1v) is 5.96. The summed E-state index contributed by atoms with van der Waals surface area (Å²) in [5.74, 6) is 1.01. The fraction of sp³-hybridized carbons (Fsp3) is 0.231. The highest BCUT2D eigenvalue weighted by Gasteiger charge is 2.17. The monoisotopic (exact) mass is 259 g/mol. The van der Waals surface area contributed by atoms with Gasteiger partial charge in [-0.25, -0.2) is 9.78 Å². The van der Waals surface area contributed by atoms with Gasteiger partial charge in [-0.2, -0.15) is 0 Å². The predicted molar refractivity (Wildman–Crippen MR) is 67.8 cm³/mol. The van der Waals surface area contributed by atoms with Crippen LogP contribution in [0.4, 0.5) is 0 Å². The molecule has 3 heterocycles. The van der Waals surface area contributed by atoms with E-state index in [9.17, 15) is 4.79 Å². The van der Waals surface area contributed by atoms with Crippen LogP contribution in [0, 0.1) is 0 Å². The Morgan fingerprint density at radius 2 is 2.32 bits per heavy atom. The Labute approximate surface area is 109 Å². The molecule has 0 N–H and O–H groups in total. The smallest absolute Gasteiger partial charge is 0.356 e. The third-order valence-corrected chi connectivity index (χ3v) is 2.89. The topological polar surface area (TPSA) is 61.7 Å². The van der Waals surface area contributed by atoms with Crippen molar-refractivity contribution in [2.45, 2.75) is 6.92 Å². The molecule has 0 radical (unpaired) electrons. The second-order valence-electron chi connectivity index (χ2n) is 4.10. The molecule has 0 atom stereocenters. The number of nitrogens with zero attached hydrogens (tertiary/aromatic N) is 3. The van der Waals surface area contributed by atoms with Gasteiger partial charge in [-0.15, -0.1) is 0 Å². The minimum atomic E-state index is -0.352. The lowest BCUT2D eigenvalue weighted by Crippen LogP contribution is -2.09. The largest absolute Gasteiger partial charge is 0.463 e. The normalized spacial score (nSPS) is 11.1. The lowest BCUT2D eigenvalue weighted by Gasteiger charge is -2.01. The van der Waals surface area contributed by atoms with Crippen LogP contribution in [0.1, 0.15) is 17.4 Å². The minimum absolute atomic E-state index is 0.351. The molecule has 0 saturated heterocycles. The van der Waals surface area contributed by atoms with Crippen LogP contribution >= 0.6 is 0 Å². The number of hydrogen-bond acceptors (Lipinski definition) is 4. The number of esters is 1. The van der Waals surface area contributed by atoms with E-state index in [4.69, 9.17) is 9.15 Å². The van der Waals surface area contributed by atoms with Gasteiger partial charge in [0.1, 0.15) is 11.4 Å². The van der Waals surface area contributed by atoms with Gasteiger partial charge in [-0.1, -0.05) is 0 Å². The second-order valence-corrected chi connectivity index (χ2v) is 4.10. The van der Waals surface area contributed by atoms with Crippen molar-refractivity contribution in [2.24, 2.45) is 7.05 Å². The van der Waals surface area contributed by atoms with E-state index in [1.807, 2.05) is 18.3 Å². The molecule has 0 aromatic carbocycles. The van der Waals surface area contributed by atoms with Crippen LogP contribution in [-0.4, -0.2) is 26.5 Å². The van der Waals surface area contributed by atoms with Gasteiger partial charge in [0, 0.05) is 19.4 Å². The number of hydrogen-bond donors (Lipinski definition) is 0. The first-order chi connectivity index (χ1) is 9.20. The fourth-order valence-corrected chi connectivity index (χ4v) is 1.99. The third kappa shape index (κ3) is 1.81. The van der Waals surface area contributed by atoms with Crippen LogP contribution in [0.2, 0.25) is 0 Å². The van der Waals surface area contributed by atoms with Crippen molar-refractivity contribution in [3.8, 4) is 11.5 Å². The lowest BCUT2D eigenvalue weighted by atomic mass is 10.3. The third-order valence-electron chi connectivity index (χ3n) is 2.89. The average Bonchev–Trinajstić information content (AvgIpc) is 3.06. The zero-order valence-electron chi connectivity index (χ0n) is 10.7. The highest BCUT2D eigenvalue weighted by atomic mass is 16.5. The number of aromatic nitrogens is 3. The number of imidazole rings is 2. The van der Waals surface area contributed by atoms with Crippen LogP contribution in [-0.2, 0) is 11.8 Å². The summed E-state index contributed by atoms with van der Waals surface area (Å²) >= 11 is 0. The molecule has 0 saturated carbocycles. The molecule has 3 rings (SSSR count). The van der Waals surface area contributed by atoms with Crippen molar-refractivity contribution >= 4 is 11.7 Å². The first-order valence-electron chi connectivity index (χ1n) is 5.96. The van der Waals surface area contributed by atoms with Gasteiger partial charge in [0.05, 0.1) is 12.9 Å². The standard InChI is InChI=1S/C13H13N3O3/c1-3-18-12(17)10-8-16-7-9(11-5-4-6-19-11)14-13(16)15(10)2/h4-8H,3H2,1-2H3. The van der Waals surface area contributed by atoms with Gasteiger partial charge < -0.3 is 13.7 Å². The zero-order chi connectivity index (χ0) is 13.4. The average molecular weight is 259 g/mol. The molecule has 0 unspecified atom stereocenters. The molecule has 0 aliphatic heterocycles. The van der Waals surface area contributed by atoms with Gasteiger partial charge in [-0.05, 0) is 19.1 Å². The van der Waals surface area contributed by atoms with Crippen molar-refractivity contribution in [1.29, 1.82) is 0 Å². The summed E-state index contributed by atoms with van der Waals surface area (Å²) in [7, 11) is 1.78. The SMILES string of the molecule is CCOC(=O)c1cn2cc(-c3ccco3)nc2n1C. The van der Waals surface area contributed by atoms with Crippen molar-refractivity contribution < 1.29 is 13.9 Å². The molecule has 0 aliphatic rings. The van der Waals surface area contributed by atoms with E-state index in [1.54, 1.807) is 35.4 Å². The molecular weight excluding hydrogens is 246 g/mol. The number of aryl methyl sites for hydroxylation is 1. The molecule has 0 amide bonds. The van der Waals surface area contributed by atoms with E-state index in [0.717, 1.165) is 5.69 Å². The van der Waals surface area contributed by atoms with E-state index in [2.05, 4.69) is 4.98 Å². The summed E-state index contributed by atoms with van der Waals surface area (Å²) in [5, 5.41) is 0. The maximum absolute atomic E-state index is 11.7. The zero-order valence-corrected chi connectivity index (χ0v) is 10.7. The van der Waals surface area contributed by atoms with E-state index >= 15 is 0 Å². The Hall–Kier alpha value is -2.50. The molecule has 98 valence electrons. The Morgan fingerprint density at radius 1 is 1.47 bits per heavy atom. The molecule has 3 aromatic rings. The van der Waals surface area contributed by atoms with Crippen LogP contribution in [0.15, 0.2) is 35.2 Å². The number of rotatable bonds is 3. The molecular formula is C13H13N3O3. The maximum atomic E-state index is 11.7. The van der Waals surface area contributed by atoms with Crippen LogP contribution in [0.25, 0.3) is 17.2 Å². The number of fused-ring (bicyclic) bond motifs is 1. The molecule has 0 bridgehead atoms. The van der Waals surface area contributed by atoms with Crippen molar-refractivity contribution in [3.05, 3.63) is 36.5 Å². The van der Waals surface area contributed by atoms with Crippen molar-refractivity contribution in [3.63, 3.8) is 0 Å². The Balaban J connectivity index is 2.05. The molecule has 0 fully saturated rings. The predicted octanol–water partition coefficient (Wildman–Crippen LogP) is 2.11. The lowest BCUT2D eigenvalue weighted by molar-refractivity contribution is 0.0515. The minimum Gasteiger partial charge on any atom is -0.463 e. The number of carbonyl (C=O) groups excluding carboxylic acids is 1. The summed E-state index contributed by atoms with van der Waals surface area (Å²) in [5.41, 5.74) is 1.20. The van der Waals surface area contributed by atoms with Gasteiger partial charge in [-0.3, -0.25) is 4.40 Å². The molecule has 6 heteroatoms. The number of carbonyl (C=O) groups is 1. The molecule has 0 aliphatic carbocycles. The molecule has 6 nitrogen and oxygen atoms in total. The van der Waals surface area contributed by atoms with Crippen molar-refractivity contribution in [2.75, 3.05) is 6.61 Å². The number of ether oxygens (including phenoxy) is 1. The molecule has 3 aromatic heterocycles. The Bertz CT molecular complexity index is 722. The Morgan fingerprint density at radius 3 is 2.95 bits per heavy atom. The van der Waals surface area contributed by atoms with Gasteiger partial charge in [0.2, 0.25) is 5.78 Å². The van der Waals surface area contributed by atoms with Crippen molar-refractivity contribution in [1.82, 2.24) is 14.0 Å². The van der Waals surface area contributed by atoms with Crippen LogP contribution < -0.4 is 0 Å². The van der Waals surface area contributed by atoms with E-state index in [0.29, 0.717) is 23.8 Å².